The fraction of sp³-hybridized carbons (Fsp3) is 0.500. The number of hydrogen-bond acceptors (Lipinski definition) is 2. The quantitative estimate of drug-likeness (QED) is 0.789. The van der Waals surface area contributed by atoms with E-state index in [0.29, 0.717) is 16.1 Å². The molecule has 0 fully saturated rings. The van der Waals surface area contributed by atoms with Crippen LogP contribution in [-0.2, 0) is 4.74 Å². The molecule has 0 bridgehead atoms. The van der Waals surface area contributed by atoms with Crippen LogP contribution in [0, 0.1) is 0 Å². The topological polar surface area (TPSA) is 21.3 Å². The minimum Gasteiger partial charge on any atom is -0.385 e. The summed E-state index contributed by atoms with van der Waals surface area (Å²) >= 11 is 11.9. The zero-order chi connectivity index (χ0) is 12.0. The molecule has 2 nitrogen and oxygen atoms in total. The molecule has 1 rings (SSSR count). The Labute approximate surface area is 107 Å². The summed E-state index contributed by atoms with van der Waals surface area (Å²) in [6.45, 7) is 0.777. The summed E-state index contributed by atoms with van der Waals surface area (Å²) in [5, 5.41) is 4.46. The van der Waals surface area contributed by atoms with Crippen LogP contribution < -0.4 is 5.32 Å². The first kappa shape index (κ1) is 13.8. The molecule has 0 amide bonds. The zero-order valence-corrected chi connectivity index (χ0v) is 11.1. The van der Waals surface area contributed by atoms with E-state index in [1.165, 1.54) is 0 Å². The van der Waals surface area contributed by atoms with Crippen molar-refractivity contribution in [3.8, 4) is 0 Å². The SMILES string of the molecule is CNC(CCCOC)c1ccc(Cl)c(Cl)c1. The molecule has 0 aromatic heterocycles. The predicted molar refractivity (Wildman–Crippen MR) is 69.4 cm³/mol. The molecule has 1 aromatic rings. The maximum Gasteiger partial charge on any atom is 0.0595 e. The maximum atomic E-state index is 5.99. The normalized spacial score (nSPS) is 12.8. The van der Waals surface area contributed by atoms with E-state index in [-0.39, 0.29) is 0 Å². The standard InChI is InChI=1S/C12H17Cl2NO/c1-15-12(4-3-7-16-2)9-5-6-10(13)11(14)8-9/h5-6,8,12,15H,3-4,7H2,1-2H3. The number of ether oxygens (including phenoxy) is 1. The minimum absolute atomic E-state index is 0.296. The van der Waals surface area contributed by atoms with Gasteiger partial charge in [0.25, 0.3) is 0 Å². The van der Waals surface area contributed by atoms with E-state index in [4.69, 9.17) is 27.9 Å². The van der Waals surface area contributed by atoms with Crippen molar-refractivity contribution in [1.29, 1.82) is 0 Å². The Morgan fingerprint density at radius 3 is 2.62 bits per heavy atom. The van der Waals surface area contributed by atoms with Crippen molar-refractivity contribution in [3.63, 3.8) is 0 Å². The summed E-state index contributed by atoms with van der Waals surface area (Å²) in [6.07, 6.45) is 2.03. The van der Waals surface area contributed by atoms with Crippen LogP contribution in [0.1, 0.15) is 24.4 Å². The highest BCUT2D eigenvalue weighted by Crippen LogP contribution is 2.27. The first-order valence-electron chi connectivity index (χ1n) is 5.30. The first-order chi connectivity index (χ1) is 7.69. The van der Waals surface area contributed by atoms with E-state index in [1.54, 1.807) is 7.11 Å². The highest BCUT2D eigenvalue weighted by Gasteiger charge is 2.10. The van der Waals surface area contributed by atoms with Crippen molar-refractivity contribution in [2.75, 3.05) is 20.8 Å². The molecule has 90 valence electrons. The molecule has 1 unspecified atom stereocenters. The fourth-order valence-electron chi connectivity index (χ4n) is 1.64. The highest BCUT2D eigenvalue weighted by molar-refractivity contribution is 6.42. The van der Waals surface area contributed by atoms with Crippen LogP contribution >= 0.6 is 23.2 Å². The largest absolute Gasteiger partial charge is 0.385 e. The van der Waals surface area contributed by atoms with Gasteiger partial charge in [-0.1, -0.05) is 29.3 Å². The van der Waals surface area contributed by atoms with Crippen molar-refractivity contribution in [2.24, 2.45) is 0 Å². The Kier molecular flexibility index (Phi) is 6.14. The molecule has 0 spiro atoms. The van der Waals surface area contributed by atoms with Gasteiger partial charge in [-0.25, -0.2) is 0 Å². The summed E-state index contributed by atoms with van der Waals surface area (Å²) in [5.74, 6) is 0. The van der Waals surface area contributed by atoms with Gasteiger partial charge in [0.15, 0.2) is 0 Å². The lowest BCUT2D eigenvalue weighted by molar-refractivity contribution is 0.189. The summed E-state index contributed by atoms with van der Waals surface area (Å²) < 4.78 is 5.04. The second-order valence-electron chi connectivity index (χ2n) is 3.65. The van der Waals surface area contributed by atoms with Gasteiger partial charge in [0.05, 0.1) is 10.0 Å². The lowest BCUT2D eigenvalue weighted by Gasteiger charge is -2.17. The second-order valence-corrected chi connectivity index (χ2v) is 4.46. The van der Waals surface area contributed by atoms with Crippen LogP contribution in [-0.4, -0.2) is 20.8 Å². The third-order valence-corrected chi connectivity index (χ3v) is 3.27. The van der Waals surface area contributed by atoms with Crippen molar-refractivity contribution in [3.05, 3.63) is 33.8 Å². The Bertz CT molecular complexity index is 331. The lowest BCUT2D eigenvalue weighted by Crippen LogP contribution is -2.16. The van der Waals surface area contributed by atoms with E-state index in [9.17, 15) is 0 Å². The molecule has 0 radical (unpaired) electrons. The van der Waals surface area contributed by atoms with Gasteiger partial charge in [-0.15, -0.1) is 0 Å². The number of nitrogens with one attached hydrogen (secondary N) is 1. The van der Waals surface area contributed by atoms with Gasteiger partial charge in [-0.2, -0.15) is 0 Å². The molecule has 1 atom stereocenters. The molecule has 0 aliphatic heterocycles. The third-order valence-electron chi connectivity index (χ3n) is 2.54. The smallest absolute Gasteiger partial charge is 0.0595 e. The van der Waals surface area contributed by atoms with E-state index in [1.807, 2.05) is 25.2 Å². The average Bonchev–Trinajstić information content (AvgIpc) is 2.29. The highest BCUT2D eigenvalue weighted by atomic mass is 35.5. The van der Waals surface area contributed by atoms with Crippen molar-refractivity contribution >= 4 is 23.2 Å². The third kappa shape index (κ3) is 3.95. The lowest BCUT2D eigenvalue weighted by atomic mass is 10.0. The van der Waals surface area contributed by atoms with Gasteiger partial charge in [0, 0.05) is 19.8 Å². The van der Waals surface area contributed by atoms with Gasteiger partial charge in [-0.05, 0) is 37.6 Å². The molecular formula is C12H17Cl2NO. The molecule has 0 aliphatic carbocycles. The van der Waals surface area contributed by atoms with Crippen LogP contribution in [0.2, 0.25) is 10.0 Å². The number of benzene rings is 1. The van der Waals surface area contributed by atoms with Gasteiger partial charge in [0.2, 0.25) is 0 Å². The first-order valence-corrected chi connectivity index (χ1v) is 6.05. The Morgan fingerprint density at radius 1 is 1.31 bits per heavy atom. The average molecular weight is 262 g/mol. The summed E-state index contributed by atoms with van der Waals surface area (Å²) in [7, 11) is 3.66. The van der Waals surface area contributed by atoms with Crippen molar-refractivity contribution in [1.82, 2.24) is 5.32 Å². The second kappa shape index (κ2) is 7.13. The predicted octanol–water partition coefficient (Wildman–Crippen LogP) is 3.68. The van der Waals surface area contributed by atoms with Gasteiger partial charge in [-0.3, -0.25) is 0 Å². The Hall–Kier alpha value is -0.280. The number of halogens is 2. The minimum atomic E-state index is 0.296. The monoisotopic (exact) mass is 261 g/mol. The summed E-state index contributed by atoms with van der Waals surface area (Å²) in [5.41, 5.74) is 1.16. The number of methoxy groups -OCH3 is 1. The molecule has 16 heavy (non-hydrogen) atoms. The van der Waals surface area contributed by atoms with E-state index in [0.717, 1.165) is 25.0 Å². The van der Waals surface area contributed by atoms with Crippen LogP contribution in [0.4, 0.5) is 0 Å². The van der Waals surface area contributed by atoms with E-state index >= 15 is 0 Å². The molecule has 0 saturated carbocycles. The van der Waals surface area contributed by atoms with Gasteiger partial charge < -0.3 is 10.1 Å². The molecule has 4 heteroatoms. The molecular weight excluding hydrogens is 245 g/mol. The van der Waals surface area contributed by atoms with Gasteiger partial charge in [0.1, 0.15) is 0 Å². The number of rotatable bonds is 6. The number of hydrogen-bond donors (Lipinski definition) is 1. The van der Waals surface area contributed by atoms with E-state index in [2.05, 4.69) is 5.32 Å². The fourth-order valence-corrected chi connectivity index (χ4v) is 1.95. The molecule has 1 aromatic carbocycles. The Balaban J connectivity index is 2.67. The van der Waals surface area contributed by atoms with Crippen LogP contribution in [0.25, 0.3) is 0 Å². The molecule has 0 aliphatic rings. The van der Waals surface area contributed by atoms with Crippen molar-refractivity contribution in [2.45, 2.75) is 18.9 Å². The van der Waals surface area contributed by atoms with Gasteiger partial charge >= 0.3 is 0 Å². The van der Waals surface area contributed by atoms with Crippen LogP contribution in [0.5, 0.6) is 0 Å². The summed E-state index contributed by atoms with van der Waals surface area (Å²) in [6, 6.07) is 6.05. The van der Waals surface area contributed by atoms with Crippen LogP contribution in [0.3, 0.4) is 0 Å². The van der Waals surface area contributed by atoms with E-state index < -0.39 is 0 Å². The van der Waals surface area contributed by atoms with Crippen LogP contribution in [0.15, 0.2) is 18.2 Å². The molecule has 0 saturated heterocycles. The van der Waals surface area contributed by atoms with Crippen molar-refractivity contribution < 1.29 is 4.74 Å². The summed E-state index contributed by atoms with van der Waals surface area (Å²) in [4.78, 5) is 0. The Morgan fingerprint density at radius 2 is 2.06 bits per heavy atom. The molecule has 0 heterocycles. The zero-order valence-electron chi connectivity index (χ0n) is 9.59. The molecule has 1 N–H and O–H groups in total. The maximum absolute atomic E-state index is 5.99.